The molecule has 0 amide bonds. The first-order chi connectivity index (χ1) is 22.0. The number of rotatable bonds is 7. The predicted octanol–water partition coefficient (Wildman–Crippen LogP) is 9.34. The molecule has 0 spiro atoms. The molecule has 0 aliphatic rings. The topological polar surface area (TPSA) is 108 Å². The third-order valence-electron chi connectivity index (χ3n) is 8.57. The molecule has 0 atom stereocenters. The third-order valence-corrected chi connectivity index (χ3v) is 9.58. The molecule has 3 heterocycles. The van der Waals surface area contributed by atoms with E-state index in [9.17, 15) is 10.5 Å². The smallest absolute Gasteiger partial charge is 0.294 e. The highest BCUT2D eigenvalue weighted by molar-refractivity contribution is 7.12. The Morgan fingerprint density at radius 3 is 1.78 bits per heavy atom. The van der Waals surface area contributed by atoms with Gasteiger partial charge in [-0.2, -0.15) is 10.5 Å². The van der Waals surface area contributed by atoms with Gasteiger partial charge in [-0.1, -0.05) is 44.2 Å². The standard InChI is InChI=1S/C36H24N8S/c1-19-16-22(20(2)45-19)11-8-6-5-7-10-21-14-15-25-30-28(21)34-33(41-26(17-37)27(18-38)42-34)24-13-9-12-23(29(24)30)31-32(25)44-36(40-4)35(39-3)43-31/h9,12-16H,5-8,10-11H2,1-2H3. The van der Waals surface area contributed by atoms with Gasteiger partial charge in [0.25, 0.3) is 11.6 Å². The monoisotopic (exact) mass is 600 g/mol. The maximum Gasteiger partial charge on any atom is 0.294 e. The van der Waals surface area contributed by atoms with E-state index in [1.54, 1.807) is 0 Å². The molecule has 0 radical (unpaired) electrons. The van der Waals surface area contributed by atoms with Crippen LogP contribution in [0.2, 0.25) is 0 Å². The fourth-order valence-corrected chi connectivity index (χ4v) is 7.59. The highest BCUT2D eigenvalue weighted by atomic mass is 32.1. The Bertz CT molecular complexity index is 2500. The average molecular weight is 601 g/mol. The van der Waals surface area contributed by atoms with Crippen molar-refractivity contribution in [3.05, 3.63) is 91.5 Å². The van der Waals surface area contributed by atoms with Crippen molar-refractivity contribution in [1.82, 2.24) is 19.9 Å². The van der Waals surface area contributed by atoms with Crippen molar-refractivity contribution in [2.75, 3.05) is 0 Å². The summed E-state index contributed by atoms with van der Waals surface area (Å²) in [6.07, 6.45) is 6.25. The Morgan fingerprint density at radius 1 is 0.667 bits per heavy atom. The van der Waals surface area contributed by atoms with E-state index < -0.39 is 0 Å². The maximum absolute atomic E-state index is 9.86. The van der Waals surface area contributed by atoms with Crippen LogP contribution in [0, 0.1) is 49.7 Å². The van der Waals surface area contributed by atoms with E-state index in [1.807, 2.05) is 41.7 Å². The Hall–Kier alpha value is -5.74. The SMILES string of the molecule is [C-]#[N+]c1nc2c3cccc4c5nc(C#N)c(C#N)nc5c5c(CCCCCCc6cc(C)sc6C)ccc(c2nc1[N+]#[C-])c5c34. The van der Waals surface area contributed by atoms with Gasteiger partial charge in [0.05, 0.1) is 11.0 Å². The molecule has 7 rings (SSSR count). The summed E-state index contributed by atoms with van der Waals surface area (Å²) in [6.45, 7) is 19.6. The van der Waals surface area contributed by atoms with Gasteiger partial charge in [-0.15, -0.1) is 21.3 Å². The number of thiophene rings is 1. The summed E-state index contributed by atoms with van der Waals surface area (Å²) in [5.74, 6) is -0.0669. The number of benzene rings is 4. The van der Waals surface area contributed by atoms with Gasteiger partial charge < -0.3 is 9.69 Å². The molecule has 0 bridgehead atoms. The zero-order valence-corrected chi connectivity index (χ0v) is 25.5. The molecule has 0 saturated carbocycles. The molecule has 0 fully saturated rings. The Kier molecular flexibility index (Phi) is 6.90. The zero-order chi connectivity index (χ0) is 31.2. The first-order valence-corrected chi connectivity index (χ1v) is 15.5. The van der Waals surface area contributed by atoms with Crippen LogP contribution in [0.4, 0.5) is 11.6 Å². The van der Waals surface area contributed by atoms with Gasteiger partial charge in [-0.3, -0.25) is 0 Å². The summed E-state index contributed by atoms with van der Waals surface area (Å²) in [4.78, 5) is 28.5. The summed E-state index contributed by atoms with van der Waals surface area (Å²) in [6, 6.07) is 16.3. The largest absolute Gasteiger partial charge is 0.370 e. The molecule has 9 heteroatoms. The number of aromatic nitrogens is 4. The predicted molar refractivity (Wildman–Crippen MR) is 178 cm³/mol. The van der Waals surface area contributed by atoms with Crippen molar-refractivity contribution >= 4 is 77.4 Å². The van der Waals surface area contributed by atoms with E-state index in [0.717, 1.165) is 76.4 Å². The Balaban J connectivity index is 1.42. The number of fused-ring (bicyclic) bond motifs is 6. The van der Waals surface area contributed by atoms with Crippen molar-refractivity contribution in [1.29, 1.82) is 10.5 Å². The Labute approximate surface area is 263 Å². The van der Waals surface area contributed by atoms with Gasteiger partial charge in [-0.05, 0) is 68.9 Å². The maximum atomic E-state index is 9.86. The van der Waals surface area contributed by atoms with E-state index in [1.165, 1.54) is 15.3 Å². The second-order valence-corrected chi connectivity index (χ2v) is 12.7. The normalized spacial score (nSPS) is 11.3. The lowest BCUT2D eigenvalue weighted by molar-refractivity contribution is 0.641. The third kappa shape index (κ3) is 4.46. The van der Waals surface area contributed by atoms with Crippen molar-refractivity contribution in [2.24, 2.45) is 0 Å². The molecular weight excluding hydrogens is 577 g/mol. The van der Waals surface area contributed by atoms with Crippen LogP contribution in [0.25, 0.3) is 64.1 Å². The van der Waals surface area contributed by atoms with Crippen molar-refractivity contribution in [3.8, 4) is 12.1 Å². The zero-order valence-electron chi connectivity index (χ0n) is 24.7. The van der Waals surface area contributed by atoms with Crippen LogP contribution in [0.3, 0.4) is 0 Å². The minimum Gasteiger partial charge on any atom is -0.370 e. The highest BCUT2D eigenvalue weighted by Gasteiger charge is 2.26. The van der Waals surface area contributed by atoms with Crippen LogP contribution in [-0.2, 0) is 12.8 Å². The van der Waals surface area contributed by atoms with E-state index >= 15 is 0 Å². The summed E-state index contributed by atoms with van der Waals surface area (Å²) >= 11 is 1.86. The van der Waals surface area contributed by atoms with Crippen LogP contribution in [-0.4, -0.2) is 19.9 Å². The van der Waals surface area contributed by atoms with Gasteiger partial charge in [0.1, 0.15) is 12.1 Å². The molecule has 0 unspecified atom stereocenters. The van der Waals surface area contributed by atoms with Crippen molar-refractivity contribution in [2.45, 2.75) is 52.4 Å². The number of hydrogen-bond acceptors (Lipinski definition) is 7. The van der Waals surface area contributed by atoms with Gasteiger partial charge in [0, 0.05) is 42.1 Å². The average Bonchev–Trinajstić information content (AvgIpc) is 3.40. The molecule has 3 aromatic heterocycles. The van der Waals surface area contributed by atoms with Gasteiger partial charge >= 0.3 is 0 Å². The number of nitriles is 2. The molecule has 8 nitrogen and oxygen atoms in total. The minimum absolute atomic E-state index is 0.00800. The highest BCUT2D eigenvalue weighted by Crippen LogP contribution is 2.45. The van der Waals surface area contributed by atoms with E-state index in [-0.39, 0.29) is 23.0 Å². The molecule has 0 N–H and O–H groups in total. The molecule has 0 aliphatic carbocycles. The molecule has 45 heavy (non-hydrogen) atoms. The van der Waals surface area contributed by atoms with Gasteiger partial charge in [0.15, 0.2) is 11.4 Å². The van der Waals surface area contributed by atoms with Crippen LogP contribution >= 0.6 is 11.3 Å². The molecule has 0 saturated heterocycles. The van der Waals surface area contributed by atoms with E-state index in [0.29, 0.717) is 22.1 Å². The lowest BCUT2D eigenvalue weighted by Crippen LogP contribution is -2.01. The van der Waals surface area contributed by atoms with Gasteiger partial charge in [0.2, 0.25) is 11.0 Å². The molecule has 0 aliphatic heterocycles. The number of aryl methyl sites for hydroxylation is 4. The van der Waals surface area contributed by atoms with Crippen LogP contribution < -0.4 is 0 Å². The number of nitrogens with zero attached hydrogens (tertiary/aromatic N) is 8. The number of hydrogen-bond donors (Lipinski definition) is 0. The molecule has 4 aromatic carbocycles. The lowest BCUT2D eigenvalue weighted by Gasteiger charge is -2.17. The molecule has 214 valence electrons. The summed E-state index contributed by atoms with van der Waals surface area (Å²) in [5.41, 5.74) is 4.73. The Morgan fingerprint density at radius 2 is 1.22 bits per heavy atom. The quantitative estimate of drug-likeness (QED) is 0.0781. The van der Waals surface area contributed by atoms with Gasteiger partial charge in [-0.25, -0.2) is 9.97 Å². The summed E-state index contributed by atoms with van der Waals surface area (Å²) in [5, 5.41) is 24.7. The minimum atomic E-state index is -0.0348. The fourth-order valence-electron chi connectivity index (χ4n) is 6.61. The first-order valence-electron chi connectivity index (χ1n) is 14.7. The number of unbranched alkanes of at least 4 members (excludes halogenated alkanes) is 3. The van der Waals surface area contributed by atoms with Crippen LogP contribution in [0.15, 0.2) is 36.4 Å². The van der Waals surface area contributed by atoms with Crippen LogP contribution in [0.5, 0.6) is 0 Å². The lowest BCUT2D eigenvalue weighted by atomic mass is 9.87. The van der Waals surface area contributed by atoms with Crippen molar-refractivity contribution < 1.29 is 0 Å². The molecular formula is C36H24N8S. The summed E-state index contributed by atoms with van der Waals surface area (Å²) in [7, 11) is 0. The summed E-state index contributed by atoms with van der Waals surface area (Å²) < 4.78 is 0. The second kappa shape index (κ2) is 11.1. The van der Waals surface area contributed by atoms with E-state index in [2.05, 4.69) is 56.7 Å². The molecule has 7 aromatic rings. The van der Waals surface area contributed by atoms with Crippen LogP contribution in [0.1, 0.15) is 58.0 Å². The second-order valence-electron chi connectivity index (χ2n) is 11.2. The van der Waals surface area contributed by atoms with Crippen molar-refractivity contribution in [3.63, 3.8) is 0 Å². The van der Waals surface area contributed by atoms with E-state index in [4.69, 9.17) is 18.1 Å². The fraction of sp³-hybridized carbons (Fsp3) is 0.222. The first kappa shape index (κ1) is 28.1.